The highest BCUT2D eigenvalue weighted by molar-refractivity contribution is 8.15. The van der Waals surface area contributed by atoms with Gasteiger partial charge in [-0.3, -0.25) is 14.5 Å². The number of halogens is 1. The van der Waals surface area contributed by atoms with Crippen LogP contribution in [0.3, 0.4) is 0 Å². The Morgan fingerprint density at radius 1 is 1.07 bits per heavy atom. The molecule has 28 heavy (non-hydrogen) atoms. The quantitative estimate of drug-likeness (QED) is 0.577. The lowest BCUT2D eigenvalue weighted by Gasteiger charge is -2.09. The van der Waals surface area contributed by atoms with Crippen LogP contribution in [0.5, 0.6) is 0 Å². The van der Waals surface area contributed by atoms with E-state index in [1.165, 1.54) is 36.0 Å². The molecule has 0 atom stereocenters. The van der Waals surface area contributed by atoms with E-state index in [-0.39, 0.29) is 10.8 Å². The molecule has 0 radical (unpaired) electrons. The maximum absolute atomic E-state index is 12.3. The molecule has 1 aliphatic rings. The second kappa shape index (κ2) is 9.31. The van der Waals surface area contributed by atoms with Gasteiger partial charge in [0.25, 0.3) is 15.9 Å². The molecule has 0 spiro atoms. The fraction of sp³-hybridized carbons (Fsp3) is 0.222. The van der Waals surface area contributed by atoms with Crippen LogP contribution in [0.15, 0.2) is 58.4 Å². The topological polar surface area (TPSA) is 99.7 Å². The van der Waals surface area contributed by atoms with Crippen molar-refractivity contribution in [1.29, 1.82) is 0 Å². The summed E-state index contributed by atoms with van der Waals surface area (Å²) in [7, 11) is -3.69. The summed E-state index contributed by atoms with van der Waals surface area (Å²) in [6.45, 7) is 1.57. The van der Waals surface area contributed by atoms with Crippen LogP contribution in [0.1, 0.15) is 10.4 Å². The van der Waals surface area contributed by atoms with E-state index in [1.54, 1.807) is 12.1 Å². The molecule has 0 aromatic heterocycles. The third-order valence-corrected chi connectivity index (χ3v) is 6.45. The predicted octanol–water partition coefficient (Wildman–Crippen LogP) is 2.56. The van der Waals surface area contributed by atoms with Crippen molar-refractivity contribution in [2.45, 2.75) is 4.90 Å². The van der Waals surface area contributed by atoms with Crippen molar-refractivity contribution in [2.75, 3.05) is 30.7 Å². The van der Waals surface area contributed by atoms with Gasteiger partial charge in [0.2, 0.25) is 0 Å². The number of nitrogens with zero attached hydrogens (tertiary/aromatic N) is 1. The molecule has 7 nitrogen and oxygen atoms in total. The number of carbonyl (C=O) groups excluding carboxylic acids is 1. The van der Waals surface area contributed by atoms with Crippen molar-refractivity contribution >= 4 is 50.1 Å². The third-order valence-electron chi connectivity index (χ3n) is 3.82. The third kappa shape index (κ3) is 5.63. The van der Waals surface area contributed by atoms with E-state index >= 15 is 0 Å². The first kappa shape index (κ1) is 20.5. The molecule has 2 aromatic carbocycles. The number of benzene rings is 2. The zero-order valence-electron chi connectivity index (χ0n) is 14.8. The smallest absolute Gasteiger partial charge is 0.263 e. The van der Waals surface area contributed by atoms with Crippen molar-refractivity contribution in [3.05, 3.63) is 59.1 Å². The minimum Gasteiger partial charge on any atom is -0.383 e. The number of hydrogen-bond acceptors (Lipinski definition) is 6. The first-order valence-corrected chi connectivity index (χ1v) is 11.4. The van der Waals surface area contributed by atoms with E-state index in [1.807, 2.05) is 12.1 Å². The van der Waals surface area contributed by atoms with Gasteiger partial charge < -0.3 is 10.6 Å². The van der Waals surface area contributed by atoms with Crippen molar-refractivity contribution in [1.82, 2.24) is 10.0 Å². The lowest BCUT2D eigenvalue weighted by atomic mass is 10.2. The molecule has 0 saturated carbocycles. The van der Waals surface area contributed by atoms with Crippen molar-refractivity contribution in [2.24, 2.45) is 4.99 Å². The van der Waals surface area contributed by atoms with Gasteiger partial charge in [-0.25, -0.2) is 8.42 Å². The minimum atomic E-state index is -3.69. The SMILES string of the molecule is O=C(NCCNc1ccc(Cl)cc1)c1ccc(S(=O)(=O)NC2=NCCS2)cc1. The van der Waals surface area contributed by atoms with Gasteiger partial charge >= 0.3 is 0 Å². The molecule has 3 N–H and O–H groups in total. The summed E-state index contributed by atoms with van der Waals surface area (Å²) < 4.78 is 27.1. The number of nitrogens with one attached hydrogen (secondary N) is 3. The van der Waals surface area contributed by atoms with E-state index in [0.717, 1.165) is 11.4 Å². The Bertz CT molecular complexity index is 961. The second-order valence-corrected chi connectivity index (χ2v) is 9.06. The average molecular weight is 439 g/mol. The van der Waals surface area contributed by atoms with Crippen LogP contribution in [0.25, 0.3) is 0 Å². The molecular formula is C18H19ClN4O3S2. The van der Waals surface area contributed by atoms with Gasteiger partial charge in [-0.2, -0.15) is 0 Å². The average Bonchev–Trinajstić information content (AvgIpc) is 3.19. The molecule has 0 aliphatic carbocycles. The normalized spacial score (nSPS) is 13.7. The zero-order chi connectivity index (χ0) is 20.0. The summed E-state index contributed by atoms with van der Waals surface area (Å²) in [4.78, 5) is 16.4. The van der Waals surface area contributed by atoms with E-state index in [4.69, 9.17) is 11.6 Å². The number of aliphatic imine (C=N–C) groups is 1. The van der Waals surface area contributed by atoms with Crippen LogP contribution in [0, 0.1) is 0 Å². The molecule has 1 aliphatic heterocycles. The molecule has 0 saturated heterocycles. The van der Waals surface area contributed by atoms with Gasteiger partial charge in [-0.1, -0.05) is 23.4 Å². The van der Waals surface area contributed by atoms with Gasteiger partial charge in [-0.15, -0.1) is 0 Å². The van der Waals surface area contributed by atoms with Crippen LogP contribution in [-0.4, -0.2) is 44.9 Å². The largest absolute Gasteiger partial charge is 0.383 e. The fourth-order valence-corrected chi connectivity index (χ4v) is 4.56. The molecule has 2 aromatic rings. The standard InChI is InChI=1S/C18H19ClN4O3S2/c19-14-3-5-15(6-4-14)20-9-10-21-17(24)13-1-7-16(8-2-13)28(25,26)23-18-22-11-12-27-18/h1-8,20H,9-12H2,(H,21,24)(H,22,23). The van der Waals surface area contributed by atoms with Gasteiger partial charge in [0.05, 0.1) is 11.4 Å². The van der Waals surface area contributed by atoms with Crippen LogP contribution >= 0.6 is 23.4 Å². The molecule has 3 rings (SSSR count). The Balaban J connectivity index is 1.49. The Morgan fingerprint density at radius 2 is 1.79 bits per heavy atom. The van der Waals surface area contributed by atoms with Crippen LogP contribution in [0.2, 0.25) is 5.02 Å². The first-order chi connectivity index (χ1) is 13.4. The Kier molecular flexibility index (Phi) is 6.82. The summed E-state index contributed by atoms with van der Waals surface area (Å²) in [6.07, 6.45) is 0. The van der Waals surface area contributed by atoms with E-state index in [9.17, 15) is 13.2 Å². The molecular weight excluding hydrogens is 420 g/mol. The number of amidine groups is 1. The van der Waals surface area contributed by atoms with Crippen LogP contribution in [0.4, 0.5) is 5.69 Å². The van der Waals surface area contributed by atoms with E-state index in [2.05, 4.69) is 20.3 Å². The monoisotopic (exact) mass is 438 g/mol. The fourth-order valence-electron chi connectivity index (χ4n) is 2.41. The molecule has 1 heterocycles. The van der Waals surface area contributed by atoms with E-state index in [0.29, 0.717) is 35.4 Å². The molecule has 0 unspecified atom stereocenters. The van der Waals surface area contributed by atoms with Gasteiger partial charge in [0.15, 0.2) is 5.17 Å². The highest BCUT2D eigenvalue weighted by atomic mass is 35.5. The van der Waals surface area contributed by atoms with Gasteiger partial charge in [-0.05, 0) is 48.5 Å². The van der Waals surface area contributed by atoms with Crippen LogP contribution < -0.4 is 15.4 Å². The summed E-state index contributed by atoms with van der Waals surface area (Å²) >= 11 is 7.20. The number of thioether (sulfide) groups is 1. The number of anilines is 1. The maximum atomic E-state index is 12.3. The minimum absolute atomic E-state index is 0.0867. The highest BCUT2D eigenvalue weighted by Crippen LogP contribution is 2.15. The summed E-state index contributed by atoms with van der Waals surface area (Å²) in [6, 6.07) is 13.1. The van der Waals surface area contributed by atoms with Crippen molar-refractivity contribution in [3.63, 3.8) is 0 Å². The van der Waals surface area contributed by atoms with E-state index < -0.39 is 10.0 Å². The summed E-state index contributed by atoms with van der Waals surface area (Å²) in [5, 5.41) is 7.01. The van der Waals surface area contributed by atoms with Gasteiger partial charge in [0, 0.05) is 35.1 Å². The Hall–Kier alpha value is -2.23. The molecule has 0 fully saturated rings. The lowest BCUT2D eigenvalue weighted by Crippen LogP contribution is -2.29. The van der Waals surface area contributed by atoms with Crippen molar-refractivity contribution < 1.29 is 13.2 Å². The zero-order valence-corrected chi connectivity index (χ0v) is 17.2. The molecule has 1 amide bonds. The Morgan fingerprint density at radius 3 is 2.43 bits per heavy atom. The maximum Gasteiger partial charge on any atom is 0.263 e. The number of rotatable bonds is 7. The number of sulfonamides is 1. The lowest BCUT2D eigenvalue weighted by molar-refractivity contribution is 0.0955. The summed E-state index contributed by atoms with van der Waals surface area (Å²) in [5.74, 6) is 0.495. The number of amides is 1. The van der Waals surface area contributed by atoms with Crippen LogP contribution in [-0.2, 0) is 10.0 Å². The second-order valence-electron chi connectivity index (χ2n) is 5.85. The Labute approximate surface area is 173 Å². The summed E-state index contributed by atoms with van der Waals surface area (Å²) in [5.41, 5.74) is 1.30. The number of carbonyl (C=O) groups is 1. The molecule has 10 heteroatoms. The first-order valence-electron chi connectivity index (χ1n) is 8.52. The number of hydrogen-bond donors (Lipinski definition) is 3. The van der Waals surface area contributed by atoms with Crippen molar-refractivity contribution in [3.8, 4) is 0 Å². The predicted molar refractivity (Wildman–Crippen MR) is 114 cm³/mol. The highest BCUT2D eigenvalue weighted by Gasteiger charge is 2.19. The molecule has 148 valence electrons. The van der Waals surface area contributed by atoms with Gasteiger partial charge in [0.1, 0.15) is 0 Å². The molecule has 0 bridgehead atoms.